The van der Waals surface area contributed by atoms with E-state index in [1.165, 1.54) is 44.9 Å². The number of unbranched alkanes of at least 4 members (excludes halogenated alkanes) is 9. The van der Waals surface area contributed by atoms with Gasteiger partial charge in [0.2, 0.25) is 5.76 Å². The van der Waals surface area contributed by atoms with Crippen LogP contribution in [0.25, 0.3) is 0 Å². The van der Waals surface area contributed by atoms with Gasteiger partial charge in [-0.25, -0.2) is 0 Å². The van der Waals surface area contributed by atoms with Crippen molar-refractivity contribution in [2.24, 2.45) is 5.73 Å². The van der Waals surface area contributed by atoms with Crippen molar-refractivity contribution in [2.75, 3.05) is 0 Å². The second-order valence-electron chi connectivity index (χ2n) is 5.95. The smallest absolute Gasteiger partial charge is 0.341 e. The van der Waals surface area contributed by atoms with Gasteiger partial charge in [0, 0.05) is 0 Å². The summed E-state index contributed by atoms with van der Waals surface area (Å²) in [6, 6.07) is -0.917. The number of aliphatic hydroxyl groups excluding tert-OH is 2. The van der Waals surface area contributed by atoms with Crippen LogP contribution in [0.15, 0.2) is 11.5 Å². The summed E-state index contributed by atoms with van der Waals surface area (Å²) in [6.45, 7) is 2.21. The SMILES string of the molecule is CCCCCCCCCCCCC(N)C(O)=C(O)C(O)(O)O. The summed E-state index contributed by atoms with van der Waals surface area (Å²) in [5, 5.41) is 44.9. The number of aliphatic hydroxyl groups is 5. The first kappa shape index (κ1) is 21.2. The third-order valence-corrected chi connectivity index (χ3v) is 3.78. The first-order valence-corrected chi connectivity index (χ1v) is 8.36. The molecule has 1 atom stereocenters. The van der Waals surface area contributed by atoms with Gasteiger partial charge in [0.05, 0.1) is 6.04 Å². The molecule has 0 bridgehead atoms. The van der Waals surface area contributed by atoms with Gasteiger partial charge in [-0.1, -0.05) is 71.1 Å². The highest BCUT2D eigenvalue weighted by Gasteiger charge is 2.30. The molecule has 0 aromatic heterocycles. The van der Waals surface area contributed by atoms with Gasteiger partial charge in [-0.15, -0.1) is 0 Å². The number of hydrogen-bond donors (Lipinski definition) is 6. The van der Waals surface area contributed by atoms with Crippen LogP contribution < -0.4 is 5.73 Å². The highest BCUT2D eigenvalue weighted by molar-refractivity contribution is 5.09. The molecule has 1 unspecified atom stereocenters. The molecule has 6 nitrogen and oxygen atoms in total. The molecule has 0 rings (SSSR count). The molecule has 0 heterocycles. The summed E-state index contributed by atoms with van der Waals surface area (Å²) < 4.78 is 0. The van der Waals surface area contributed by atoms with E-state index in [2.05, 4.69) is 6.92 Å². The van der Waals surface area contributed by atoms with Crippen LogP contribution in [0.4, 0.5) is 0 Å². The molecule has 0 amide bonds. The second kappa shape index (κ2) is 11.7. The third kappa shape index (κ3) is 10.00. The Hall–Kier alpha value is -0.820. The summed E-state index contributed by atoms with van der Waals surface area (Å²) in [4.78, 5) is 0. The van der Waals surface area contributed by atoms with Crippen LogP contribution in [-0.2, 0) is 0 Å². The third-order valence-electron chi connectivity index (χ3n) is 3.78. The molecular formula is C16H33NO5. The van der Waals surface area contributed by atoms with Crippen LogP contribution in [0.3, 0.4) is 0 Å². The molecule has 0 fully saturated rings. The zero-order chi connectivity index (χ0) is 17.0. The summed E-state index contributed by atoms with van der Waals surface area (Å²) in [7, 11) is 0. The topological polar surface area (TPSA) is 127 Å². The van der Waals surface area contributed by atoms with Gasteiger partial charge in [-0.05, 0) is 6.42 Å². The maximum Gasteiger partial charge on any atom is 0.341 e. The highest BCUT2D eigenvalue weighted by Crippen LogP contribution is 2.17. The minimum Gasteiger partial charge on any atom is -0.507 e. The van der Waals surface area contributed by atoms with Crippen molar-refractivity contribution in [3.63, 3.8) is 0 Å². The van der Waals surface area contributed by atoms with Gasteiger partial charge < -0.3 is 31.3 Å². The van der Waals surface area contributed by atoms with Crippen molar-refractivity contribution in [1.82, 2.24) is 0 Å². The zero-order valence-corrected chi connectivity index (χ0v) is 13.7. The largest absolute Gasteiger partial charge is 0.507 e. The summed E-state index contributed by atoms with van der Waals surface area (Å²) in [5.41, 5.74) is 5.62. The van der Waals surface area contributed by atoms with Crippen LogP contribution in [0.2, 0.25) is 0 Å². The molecule has 0 aliphatic rings. The lowest BCUT2D eigenvalue weighted by molar-refractivity contribution is -0.300. The van der Waals surface area contributed by atoms with Crippen molar-refractivity contribution in [2.45, 2.75) is 89.6 Å². The minimum absolute atomic E-state index is 0.405. The minimum atomic E-state index is -3.44. The fraction of sp³-hybridized carbons (Fsp3) is 0.875. The maximum absolute atomic E-state index is 9.49. The first-order chi connectivity index (χ1) is 10.3. The molecular weight excluding hydrogens is 286 g/mol. The first-order valence-electron chi connectivity index (χ1n) is 8.36. The molecule has 6 heteroatoms. The molecule has 0 radical (unpaired) electrons. The predicted molar refractivity (Wildman–Crippen MR) is 86.1 cm³/mol. The predicted octanol–water partition coefficient (Wildman–Crippen LogP) is 2.58. The van der Waals surface area contributed by atoms with Crippen LogP contribution in [-0.4, -0.2) is 37.5 Å². The van der Waals surface area contributed by atoms with E-state index >= 15 is 0 Å². The van der Waals surface area contributed by atoms with Crippen molar-refractivity contribution >= 4 is 0 Å². The Balaban J connectivity index is 3.67. The number of nitrogens with two attached hydrogens (primary N) is 1. The second-order valence-corrected chi connectivity index (χ2v) is 5.95. The average Bonchev–Trinajstić information content (AvgIpc) is 2.46. The molecule has 7 N–H and O–H groups in total. The Labute approximate surface area is 133 Å². The van der Waals surface area contributed by atoms with E-state index < -0.39 is 23.5 Å². The summed E-state index contributed by atoms with van der Waals surface area (Å²) >= 11 is 0. The molecule has 0 aliphatic carbocycles. The van der Waals surface area contributed by atoms with Crippen LogP contribution in [0.1, 0.15) is 77.6 Å². The Morgan fingerprint density at radius 3 is 1.64 bits per heavy atom. The fourth-order valence-electron chi connectivity index (χ4n) is 2.34. The van der Waals surface area contributed by atoms with Crippen LogP contribution in [0, 0.1) is 0 Å². The normalized spacial score (nSPS) is 14.8. The molecule has 0 aliphatic heterocycles. The Kier molecular flexibility index (Phi) is 11.3. The molecule has 0 saturated carbocycles. The maximum atomic E-state index is 9.49. The average molecular weight is 319 g/mol. The van der Waals surface area contributed by atoms with E-state index in [0.29, 0.717) is 6.42 Å². The van der Waals surface area contributed by atoms with Crippen molar-refractivity contribution in [3.8, 4) is 0 Å². The lowest BCUT2D eigenvalue weighted by Gasteiger charge is -2.18. The van der Waals surface area contributed by atoms with E-state index in [1.807, 2.05) is 0 Å². The van der Waals surface area contributed by atoms with E-state index in [1.54, 1.807) is 0 Å². The zero-order valence-electron chi connectivity index (χ0n) is 13.7. The van der Waals surface area contributed by atoms with E-state index in [-0.39, 0.29) is 0 Å². The molecule has 0 aromatic rings. The quantitative estimate of drug-likeness (QED) is 0.176. The lowest BCUT2D eigenvalue weighted by Crippen LogP contribution is -2.35. The van der Waals surface area contributed by atoms with Gasteiger partial charge in [-0.3, -0.25) is 0 Å². The Morgan fingerprint density at radius 1 is 0.818 bits per heavy atom. The van der Waals surface area contributed by atoms with E-state index in [4.69, 9.17) is 21.1 Å². The number of rotatable bonds is 13. The number of hydrogen-bond acceptors (Lipinski definition) is 6. The van der Waals surface area contributed by atoms with Crippen molar-refractivity contribution in [1.29, 1.82) is 0 Å². The van der Waals surface area contributed by atoms with Crippen molar-refractivity contribution in [3.05, 3.63) is 11.5 Å². The van der Waals surface area contributed by atoms with Crippen LogP contribution >= 0.6 is 0 Å². The van der Waals surface area contributed by atoms with E-state index in [9.17, 15) is 10.2 Å². The fourth-order valence-corrected chi connectivity index (χ4v) is 2.34. The van der Waals surface area contributed by atoms with Gasteiger partial charge in [-0.2, -0.15) is 0 Å². The van der Waals surface area contributed by atoms with Crippen molar-refractivity contribution < 1.29 is 25.5 Å². The Morgan fingerprint density at radius 2 is 1.23 bits per heavy atom. The molecule has 22 heavy (non-hydrogen) atoms. The molecule has 0 saturated heterocycles. The monoisotopic (exact) mass is 319 g/mol. The molecule has 0 aromatic carbocycles. The molecule has 0 spiro atoms. The Bertz CT molecular complexity index is 312. The van der Waals surface area contributed by atoms with Gasteiger partial charge >= 0.3 is 5.97 Å². The highest BCUT2D eigenvalue weighted by atomic mass is 16.7. The standard InChI is InChI=1S/C16H33NO5/c1-2-3-4-5-6-7-8-9-10-11-12-13(17)14(18)15(19)16(20,21)22/h13,18-22H,2-12,17H2,1H3. The summed E-state index contributed by atoms with van der Waals surface area (Å²) in [6.07, 6.45) is 12.2. The van der Waals surface area contributed by atoms with Crippen LogP contribution in [0.5, 0.6) is 0 Å². The lowest BCUT2D eigenvalue weighted by atomic mass is 10.0. The van der Waals surface area contributed by atoms with Gasteiger partial charge in [0.15, 0.2) is 5.76 Å². The molecule has 132 valence electrons. The summed E-state index contributed by atoms with van der Waals surface area (Å²) in [5.74, 6) is -5.55. The van der Waals surface area contributed by atoms with E-state index in [0.717, 1.165) is 19.3 Å². The van der Waals surface area contributed by atoms with Gasteiger partial charge in [0.25, 0.3) is 0 Å². The van der Waals surface area contributed by atoms with Gasteiger partial charge in [0.1, 0.15) is 0 Å².